The zero-order valence-electron chi connectivity index (χ0n) is 15.1. The van der Waals surface area contributed by atoms with E-state index in [1.54, 1.807) is 11.9 Å². The Kier molecular flexibility index (Phi) is 6.42. The van der Waals surface area contributed by atoms with Crippen molar-refractivity contribution in [3.8, 4) is 5.69 Å². The highest BCUT2D eigenvalue weighted by Gasteiger charge is 2.19. The van der Waals surface area contributed by atoms with Crippen LogP contribution in [-0.4, -0.2) is 41.4 Å². The van der Waals surface area contributed by atoms with Gasteiger partial charge in [0.1, 0.15) is 0 Å². The number of carbonyl (C=O) groups excluding carboxylic acids is 2. The summed E-state index contributed by atoms with van der Waals surface area (Å²) in [5.74, 6) is -0.0497. The molecule has 0 aliphatic carbocycles. The Hall–Kier alpha value is -2.08. The normalized spacial score (nSPS) is 10.6. The van der Waals surface area contributed by atoms with E-state index in [-0.39, 0.29) is 11.8 Å². The molecule has 134 valence electrons. The van der Waals surface area contributed by atoms with Gasteiger partial charge in [0.05, 0.1) is 5.56 Å². The monoisotopic (exact) mass is 405 g/mol. The fourth-order valence-corrected chi connectivity index (χ4v) is 3.12. The molecule has 1 aromatic carbocycles. The van der Waals surface area contributed by atoms with Crippen LogP contribution in [0.25, 0.3) is 5.69 Å². The zero-order chi connectivity index (χ0) is 18.6. The minimum absolute atomic E-state index is 0.000660. The van der Waals surface area contributed by atoms with E-state index in [4.69, 9.17) is 0 Å². The number of nitrogens with one attached hydrogen (secondary N) is 1. The van der Waals surface area contributed by atoms with Gasteiger partial charge in [-0.3, -0.25) is 9.59 Å². The fraction of sp³-hybridized carbons (Fsp3) is 0.368. The Morgan fingerprint density at radius 2 is 1.84 bits per heavy atom. The number of amides is 2. The van der Waals surface area contributed by atoms with Crippen LogP contribution >= 0.6 is 15.9 Å². The minimum Gasteiger partial charge on any atom is -0.356 e. The lowest BCUT2D eigenvalue weighted by Gasteiger charge is -2.17. The van der Waals surface area contributed by atoms with E-state index in [0.717, 1.165) is 28.0 Å². The largest absolute Gasteiger partial charge is 0.356 e. The standard InChI is InChI=1S/C19H24BrN3O2/c1-13-12-18(19(25)22(4)11-5-10-21-15(3)24)14(2)23(13)17-8-6-16(20)7-9-17/h6-9,12H,5,10-11H2,1-4H3,(H,21,24). The van der Waals surface area contributed by atoms with Gasteiger partial charge in [0, 0.05) is 48.6 Å². The summed E-state index contributed by atoms with van der Waals surface area (Å²) in [6.45, 7) is 6.63. The van der Waals surface area contributed by atoms with Crippen molar-refractivity contribution in [3.63, 3.8) is 0 Å². The Bertz CT molecular complexity index is 766. The molecule has 0 aliphatic heterocycles. The minimum atomic E-state index is -0.0491. The highest BCUT2D eigenvalue weighted by molar-refractivity contribution is 9.10. The molecular weight excluding hydrogens is 382 g/mol. The van der Waals surface area contributed by atoms with Crippen molar-refractivity contribution in [2.24, 2.45) is 0 Å². The third-order valence-corrected chi connectivity index (χ3v) is 4.67. The number of nitrogens with zero attached hydrogens (tertiary/aromatic N) is 2. The van der Waals surface area contributed by atoms with Crippen molar-refractivity contribution >= 4 is 27.7 Å². The number of benzene rings is 1. The molecule has 0 bridgehead atoms. The van der Waals surface area contributed by atoms with Crippen molar-refractivity contribution in [2.45, 2.75) is 27.2 Å². The number of aromatic nitrogens is 1. The van der Waals surface area contributed by atoms with Gasteiger partial charge in [-0.1, -0.05) is 15.9 Å². The smallest absolute Gasteiger partial charge is 0.255 e. The molecule has 6 heteroatoms. The van der Waals surface area contributed by atoms with Crippen LogP contribution in [0.5, 0.6) is 0 Å². The van der Waals surface area contributed by atoms with Crippen LogP contribution < -0.4 is 5.32 Å². The third kappa shape index (κ3) is 4.72. The lowest BCUT2D eigenvalue weighted by molar-refractivity contribution is -0.118. The molecule has 1 heterocycles. The van der Waals surface area contributed by atoms with Crippen LogP contribution in [0.15, 0.2) is 34.8 Å². The first kappa shape index (κ1) is 19.2. The summed E-state index contributed by atoms with van der Waals surface area (Å²) in [6.07, 6.45) is 0.729. The summed E-state index contributed by atoms with van der Waals surface area (Å²) >= 11 is 3.45. The number of aryl methyl sites for hydroxylation is 1. The first-order valence-electron chi connectivity index (χ1n) is 8.26. The molecule has 2 aromatic rings. The lowest BCUT2D eigenvalue weighted by atomic mass is 10.2. The van der Waals surface area contributed by atoms with Gasteiger partial charge in [-0.05, 0) is 50.6 Å². The van der Waals surface area contributed by atoms with Crippen molar-refractivity contribution in [1.29, 1.82) is 0 Å². The van der Waals surface area contributed by atoms with Gasteiger partial charge in [0.15, 0.2) is 0 Å². The van der Waals surface area contributed by atoms with Crippen LogP contribution in [-0.2, 0) is 4.79 Å². The van der Waals surface area contributed by atoms with E-state index >= 15 is 0 Å². The molecule has 0 unspecified atom stereocenters. The van der Waals surface area contributed by atoms with Crippen molar-refractivity contribution in [3.05, 3.63) is 51.8 Å². The molecule has 5 nitrogen and oxygen atoms in total. The van der Waals surface area contributed by atoms with E-state index in [1.165, 1.54) is 6.92 Å². The lowest BCUT2D eigenvalue weighted by Crippen LogP contribution is -2.31. The maximum absolute atomic E-state index is 12.8. The Morgan fingerprint density at radius 3 is 2.44 bits per heavy atom. The number of hydrogen-bond acceptors (Lipinski definition) is 2. The molecule has 0 atom stereocenters. The van der Waals surface area contributed by atoms with Crippen molar-refractivity contribution < 1.29 is 9.59 Å². The van der Waals surface area contributed by atoms with Gasteiger partial charge in [0.2, 0.25) is 5.91 Å². The molecule has 0 saturated heterocycles. The second-order valence-electron chi connectivity index (χ2n) is 6.16. The molecular formula is C19H24BrN3O2. The number of hydrogen-bond donors (Lipinski definition) is 1. The SMILES string of the molecule is CC(=O)NCCCN(C)C(=O)c1cc(C)n(-c2ccc(Br)cc2)c1C. The first-order valence-corrected chi connectivity index (χ1v) is 9.05. The summed E-state index contributed by atoms with van der Waals surface area (Å²) in [6, 6.07) is 9.96. The molecule has 0 saturated carbocycles. The Balaban J connectivity index is 2.14. The molecule has 1 aromatic heterocycles. The first-order chi connectivity index (χ1) is 11.8. The highest BCUT2D eigenvalue weighted by Crippen LogP contribution is 2.23. The topological polar surface area (TPSA) is 54.3 Å². The Labute approximate surface area is 157 Å². The molecule has 0 fully saturated rings. The van der Waals surface area contributed by atoms with Crippen molar-refractivity contribution in [2.75, 3.05) is 20.1 Å². The molecule has 0 aliphatic rings. The second-order valence-corrected chi connectivity index (χ2v) is 7.08. The van der Waals surface area contributed by atoms with Gasteiger partial charge >= 0.3 is 0 Å². The van der Waals surface area contributed by atoms with Crippen LogP contribution in [0.2, 0.25) is 0 Å². The summed E-state index contributed by atoms with van der Waals surface area (Å²) < 4.78 is 3.11. The maximum atomic E-state index is 12.8. The Morgan fingerprint density at radius 1 is 1.20 bits per heavy atom. The molecule has 2 rings (SSSR count). The summed E-state index contributed by atoms with van der Waals surface area (Å²) in [5.41, 5.74) is 3.70. The summed E-state index contributed by atoms with van der Waals surface area (Å²) in [5, 5.41) is 2.75. The summed E-state index contributed by atoms with van der Waals surface area (Å²) in [7, 11) is 1.79. The van der Waals surface area contributed by atoms with Crippen LogP contribution in [0.4, 0.5) is 0 Å². The molecule has 0 spiro atoms. The van der Waals surface area contributed by atoms with Gasteiger partial charge < -0.3 is 14.8 Å². The van der Waals surface area contributed by atoms with E-state index in [0.29, 0.717) is 18.7 Å². The zero-order valence-corrected chi connectivity index (χ0v) is 16.7. The predicted octanol–water partition coefficient (Wildman–Crippen LogP) is 3.45. The highest BCUT2D eigenvalue weighted by atomic mass is 79.9. The average Bonchev–Trinajstić information content (AvgIpc) is 2.86. The maximum Gasteiger partial charge on any atom is 0.255 e. The molecule has 25 heavy (non-hydrogen) atoms. The number of rotatable bonds is 6. The number of halogens is 1. The molecule has 2 amide bonds. The van der Waals surface area contributed by atoms with Gasteiger partial charge in [-0.2, -0.15) is 0 Å². The molecule has 0 radical (unpaired) electrons. The summed E-state index contributed by atoms with van der Waals surface area (Å²) in [4.78, 5) is 25.4. The van der Waals surface area contributed by atoms with E-state index in [1.807, 2.05) is 44.2 Å². The van der Waals surface area contributed by atoms with Crippen LogP contribution in [0.1, 0.15) is 35.1 Å². The number of carbonyl (C=O) groups is 2. The van der Waals surface area contributed by atoms with E-state index in [2.05, 4.69) is 25.8 Å². The third-order valence-electron chi connectivity index (χ3n) is 4.14. The van der Waals surface area contributed by atoms with Gasteiger partial charge in [0.25, 0.3) is 5.91 Å². The van der Waals surface area contributed by atoms with Crippen molar-refractivity contribution in [1.82, 2.24) is 14.8 Å². The van der Waals surface area contributed by atoms with Crippen LogP contribution in [0, 0.1) is 13.8 Å². The van der Waals surface area contributed by atoms with E-state index in [9.17, 15) is 9.59 Å². The van der Waals surface area contributed by atoms with Gasteiger partial charge in [-0.15, -0.1) is 0 Å². The second kappa shape index (κ2) is 8.34. The van der Waals surface area contributed by atoms with E-state index < -0.39 is 0 Å². The average molecular weight is 406 g/mol. The predicted molar refractivity (Wildman–Crippen MR) is 103 cm³/mol. The quantitative estimate of drug-likeness (QED) is 0.748. The van der Waals surface area contributed by atoms with Gasteiger partial charge in [-0.25, -0.2) is 0 Å². The van der Waals surface area contributed by atoms with Crippen LogP contribution in [0.3, 0.4) is 0 Å². The fourth-order valence-electron chi connectivity index (χ4n) is 2.85. The molecule has 1 N–H and O–H groups in total.